The number of nitrogens with one attached hydrogen (secondary N) is 3. The molecule has 7 nitrogen and oxygen atoms in total. The van der Waals surface area contributed by atoms with Gasteiger partial charge in [0.25, 0.3) is 5.91 Å². The van der Waals surface area contributed by atoms with E-state index in [4.69, 9.17) is 16.0 Å². The maximum atomic E-state index is 13.7. The molecule has 4 aromatic rings. The van der Waals surface area contributed by atoms with E-state index in [0.29, 0.717) is 47.5 Å². The van der Waals surface area contributed by atoms with E-state index in [-0.39, 0.29) is 18.0 Å². The number of aryl methyl sites for hydroxylation is 1. The molecule has 0 saturated carbocycles. The lowest BCUT2D eigenvalue weighted by atomic mass is 10.0. The molecule has 0 bridgehead atoms. The van der Waals surface area contributed by atoms with Gasteiger partial charge in [0, 0.05) is 30.2 Å². The molecule has 2 heterocycles. The van der Waals surface area contributed by atoms with Crippen molar-refractivity contribution in [1.29, 1.82) is 5.26 Å². The zero-order valence-electron chi connectivity index (χ0n) is 26.3. The molecular weight excluding hydrogens is 582 g/mol. The summed E-state index contributed by atoms with van der Waals surface area (Å²) >= 11 is 6.57. The smallest absolute Gasteiger partial charge is 0.253 e. The van der Waals surface area contributed by atoms with E-state index in [2.05, 4.69) is 72.1 Å². The largest absolute Gasteiger partial charge is 0.460 e. The highest BCUT2D eigenvalue weighted by molar-refractivity contribution is 6.34. The molecule has 1 saturated heterocycles. The zero-order valence-corrected chi connectivity index (χ0v) is 27.0. The SMILES string of the molecule is Cc1ccc(C(C)NCc2ccc(-c3ccc(Cl)c(C(=O)NC(CNC4CCN(C)CC4)Cc4ccc(C#N)cc4)c3)o2)cc1. The van der Waals surface area contributed by atoms with E-state index in [0.717, 1.165) is 42.8 Å². The van der Waals surface area contributed by atoms with E-state index >= 15 is 0 Å². The van der Waals surface area contributed by atoms with Crippen molar-refractivity contribution in [3.05, 3.63) is 117 Å². The number of carbonyl (C=O) groups is 1. The molecule has 5 rings (SSSR count). The molecule has 1 amide bonds. The zero-order chi connectivity index (χ0) is 31.8. The normalized spacial score (nSPS) is 15.4. The molecule has 2 unspecified atom stereocenters. The molecule has 3 N–H and O–H groups in total. The first-order valence-electron chi connectivity index (χ1n) is 15.7. The molecule has 45 heavy (non-hydrogen) atoms. The van der Waals surface area contributed by atoms with E-state index < -0.39 is 0 Å². The van der Waals surface area contributed by atoms with Crippen molar-refractivity contribution in [2.24, 2.45) is 0 Å². The Morgan fingerprint density at radius 2 is 1.78 bits per heavy atom. The highest BCUT2D eigenvalue weighted by Gasteiger charge is 2.21. The number of piperidine rings is 1. The lowest BCUT2D eigenvalue weighted by molar-refractivity contribution is 0.0935. The Morgan fingerprint density at radius 3 is 2.49 bits per heavy atom. The summed E-state index contributed by atoms with van der Waals surface area (Å²) in [6, 6.07) is 27.9. The van der Waals surface area contributed by atoms with E-state index in [1.54, 1.807) is 12.1 Å². The second-order valence-electron chi connectivity index (χ2n) is 12.1. The van der Waals surface area contributed by atoms with E-state index in [1.807, 2.05) is 42.5 Å². The van der Waals surface area contributed by atoms with Crippen LogP contribution in [0.15, 0.2) is 83.3 Å². The molecule has 1 aromatic heterocycles. The van der Waals surface area contributed by atoms with Gasteiger partial charge in [-0.3, -0.25) is 4.79 Å². The third-order valence-corrected chi connectivity index (χ3v) is 8.92. The summed E-state index contributed by atoms with van der Waals surface area (Å²) in [7, 11) is 2.15. The minimum absolute atomic E-state index is 0.165. The van der Waals surface area contributed by atoms with Crippen molar-refractivity contribution in [3.8, 4) is 17.4 Å². The van der Waals surface area contributed by atoms with Crippen molar-refractivity contribution < 1.29 is 9.21 Å². The number of benzene rings is 3. The Labute approximate surface area is 271 Å². The molecule has 1 fully saturated rings. The summed E-state index contributed by atoms with van der Waals surface area (Å²) < 4.78 is 6.17. The van der Waals surface area contributed by atoms with Crippen molar-refractivity contribution >= 4 is 17.5 Å². The van der Waals surface area contributed by atoms with Gasteiger partial charge >= 0.3 is 0 Å². The Balaban J connectivity index is 1.25. The van der Waals surface area contributed by atoms with E-state index in [9.17, 15) is 10.1 Å². The number of nitriles is 1. The Bertz CT molecular complexity index is 1600. The quantitative estimate of drug-likeness (QED) is 0.164. The maximum Gasteiger partial charge on any atom is 0.253 e. The summed E-state index contributed by atoms with van der Waals surface area (Å²) in [6.45, 7) is 7.55. The van der Waals surface area contributed by atoms with Crippen LogP contribution < -0.4 is 16.0 Å². The third-order valence-electron chi connectivity index (χ3n) is 8.59. The number of nitrogens with zero attached hydrogens (tertiary/aromatic N) is 2. The van der Waals surface area contributed by atoms with Crippen LogP contribution in [0.25, 0.3) is 11.3 Å². The van der Waals surface area contributed by atoms with Crippen molar-refractivity contribution in [2.75, 3.05) is 26.7 Å². The molecule has 3 aromatic carbocycles. The molecule has 0 spiro atoms. The molecule has 0 aliphatic carbocycles. The van der Waals surface area contributed by atoms with Crippen molar-refractivity contribution in [3.63, 3.8) is 0 Å². The number of rotatable bonds is 12. The number of hydrogen-bond donors (Lipinski definition) is 3. The maximum absolute atomic E-state index is 13.7. The lowest BCUT2D eigenvalue weighted by Gasteiger charge is -2.31. The Morgan fingerprint density at radius 1 is 1.04 bits per heavy atom. The number of carbonyl (C=O) groups excluding carboxylic acids is 1. The van der Waals surface area contributed by atoms with Crippen LogP contribution in [0.1, 0.15) is 64.2 Å². The van der Waals surface area contributed by atoms with Crippen LogP contribution in [-0.4, -0.2) is 49.6 Å². The van der Waals surface area contributed by atoms with Gasteiger partial charge in [0.05, 0.1) is 28.8 Å². The fourth-order valence-electron chi connectivity index (χ4n) is 5.67. The molecule has 1 aliphatic heterocycles. The van der Waals surface area contributed by atoms with Gasteiger partial charge in [0.2, 0.25) is 0 Å². The standard InChI is InChI=1S/C37H42ClN5O2/c1-25-4-10-29(11-5-25)26(2)40-24-33-13-15-36(45-33)30-12-14-35(38)34(21-30)37(44)42-32(20-27-6-8-28(22-39)9-7-27)23-41-31-16-18-43(3)19-17-31/h4-15,21,26,31-32,40-41H,16-20,23-24H2,1-3H3,(H,42,44). The van der Waals surface area contributed by atoms with Crippen molar-refractivity contribution in [1.82, 2.24) is 20.9 Å². The minimum Gasteiger partial charge on any atom is -0.460 e. The average Bonchev–Trinajstić information content (AvgIpc) is 3.53. The van der Waals surface area contributed by atoms with Gasteiger partial charge in [-0.15, -0.1) is 0 Å². The highest BCUT2D eigenvalue weighted by Crippen LogP contribution is 2.27. The average molecular weight is 624 g/mol. The number of halogens is 1. The molecular formula is C37H42ClN5O2. The molecule has 0 radical (unpaired) electrons. The second kappa shape index (κ2) is 15.4. The summed E-state index contributed by atoms with van der Waals surface area (Å²) in [6.07, 6.45) is 2.78. The van der Waals surface area contributed by atoms with Gasteiger partial charge in [0.15, 0.2) is 0 Å². The number of likely N-dealkylation sites (tertiary alicyclic amines) is 1. The first kappa shape index (κ1) is 32.5. The molecule has 8 heteroatoms. The van der Waals surface area contributed by atoms with Gasteiger partial charge < -0.3 is 25.3 Å². The number of hydrogen-bond acceptors (Lipinski definition) is 6. The van der Waals surface area contributed by atoms with Crippen LogP contribution in [0.3, 0.4) is 0 Å². The van der Waals surface area contributed by atoms with Crippen LogP contribution >= 0.6 is 11.6 Å². The number of furan rings is 1. The van der Waals surface area contributed by atoms with E-state index in [1.165, 1.54) is 11.1 Å². The summed E-state index contributed by atoms with van der Waals surface area (Å²) in [5, 5.41) is 20.0. The third kappa shape index (κ3) is 9.06. The topological polar surface area (TPSA) is 93.3 Å². The summed E-state index contributed by atoms with van der Waals surface area (Å²) in [5.74, 6) is 1.26. The monoisotopic (exact) mass is 623 g/mol. The second-order valence-corrected chi connectivity index (χ2v) is 12.6. The lowest BCUT2D eigenvalue weighted by Crippen LogP contribution is -2.48. The van der Waals surface area contributed by atoms with Crippen LogP contribution in [0.4, 0.5) is 0 Å². The number of amides is 1. The van der Waals surface area contributed by atoms with Crippen LogP contribution in [0.5, 0.6) is 0 Å². The van der Waals surface area contributed by atoms with Crippen LogP contribution in [0, 0.1) is 18.3 Å². The van der Waals surface area contributed by atoms with Gasteiger partial charge in [-0.2, -0.15) is 5.26 Å². The predicted octanol–water partition coefficient (Wildman–Crippen LogP) is 6.66. The fraction of sp³-hybridized carbons (Fsp3) is 0.351. The van der Waals surface area contributed by atoms with Gasteiger partial charge in [-0.05, 0) is 107 Å². The van der Waals surface area contributed by atoms with Gasteiger partial charge in [0.1, 0.15) is 11.5 Å². The fourth-order valence-corrected chi connectivity index (χ4v) is 5.87. The van der Waals surface area contributed by atoms with Crippen LogP contribution in [-0.2, 0) is 13.0 Å². The summed E-state index contributed by atoms with van der Waals surface area (Å²) in [4.78, 5) is 16.0. The Hall–Kier alpha value is -3.93. The Kier molecular flexibility index (Phi) is 11.1. The molecule has 234 valence electrons. The highest BCUT2D eigenvalue weighted by atomic mass is 35.5. The molecule has 1 aliphatic rings. The predicted molar refractivity (Wildman–Crippen MR) is 180 cm³/mol. The van der Waals surface area contributed by atoms with Crippen molar-refractivity contribution in [2.45, 2.75) is 57.8 Å². The first-order valence-corrected chi connectivity index (χ1v) is 16.1. The minimum atomic E-state index is -0.231. The summed E-state index contributed by atoms with van der Waals surface area (Å²) in [5.41, 5.74) is 5.32. The van der Waals surface area contributed by atoms with Gasteiger partial charge in [-0.25, -0.2) is 0 Å². The van der Waals surface area contributed by atoms with Gasteiger partial charge in [-0.1, -0.05) is 53.6 Å². The first-order chi connectivity index (χ1) is 21.8. The molecule has 2 atom stereocenters. The van der Waals surface area contributed by atoms with Crippen LogP contribution in [0.2, 0.25) is 5.02 Å².